The number of hydrogen-bond donors (Lipinski definition) is 1. The summed E-state index contributed by atoms with van der Waals surface area (Å²) in [5.41, 5.74) is 0.387. The molecule has 0 saturated carbocycles. The molecule has 4 aliphatic heterocycles. The van der Waals surface area contributed by atoms with Gasteiger partial charge in [-0.2, -0.15) is 0 Å². The zero-order chi connectivity index (χ0) is 28.2. The van der Waals surface area contributed by atoms with E-state index in [1.54, 1.807) is 21.6 Å². The van der Waals surface area contributed by atoms with E-state index in [0.29, 0.717) is 19.5 Å². The maximum Gasteiger partial charge on any atom is 0.247 e. The molecule has 1 aromatic carbocycles. The topological polar surface area (TPSA) is 81.2 Å². The SMILES string of the molecule is CC(C)(C)CC(C)(C)N1CC=C[C@]23S[C@@H]4C=CCN(c5ccccc5)C(=O)[C@@H]4[C@H]2C(=O)N(CCCO)C3C1=O. The van der Waals surface area contributed by atoms with Crippen molar-refractivity contribution in [1.29, 1.82) is 0 Å². The number of rotatable bonds is 6. The van der Waals surface area contributed by atoms with Crippen molar-refractivity contribution in [3.05, 3.63) is 54.6 Å². The fraction of sp³-hybridized carbons (Fsp3) is 0.581. The Balaban J connectivity index is 1.58. The van der Waals surface area contributed by atoms with Crippen LogP contribution in [0, 0.1) is 17.3 Å². The Labute approximate surface area is 236 Å². The molecule has 1 unspecified atom stereocenters. The fourth-order valence-electron chi connectivity index (χ4n) is 7.40. The third kappa shape index (κ3) is 4.73. The van der Waals surface area contributed by atoms with E-state index in [4.69, 9.17) is 0 Å². The molecule has 7 nitrogen and oxygen atoms in total. The lowest BCUT2D eigenvalue weighted by molar-refractivity contribution is -0.146. The molecular formula is C31H41N3O4S. The Morgan fingerprint density at radius 2 is 1.69 bits per heavy atom. The lowest BCUT2D eigenvalue weighted by Gasteiger charge is -2.44. The number of hydrogen-bond acceptors (Lipinski definition) is 5. The summed E-state index contributed by atoms with van der Waals surface area (Å²) in [5.74, 6) is -1.52. The number of amides is 3. The minimum absolute atomic E-state index is 0.00943. The first kappa shape index (κ1) is 28.0. The average Bonchev–Trinajstić information content (AvgIpc) is 3.16. The molecule has 2 fully saturated rings. The van der Waals surface area contributed by atoms with Crippen molar-refractivity contribution in [2.75, 3.05) is 31.1 Å². The quantitative estimate of drug-likeness (QED) is 0.543. The van der Waals surface area contributed by atoms with Gasteiger partial charge in [-0.1, -0.05) is 63.3 Å². The Bertz CT molecular complexity index is 1190. The minimum Gasteiger partial charge on any atom is -0.396 e. The van der Waals surface area contributed by atoms with Gasteiger partial charge in [-0.25, -0.2) is 0 Å². The molecule has 1 N–H and O–H groups in total. The Kier molecular flexibility index (Phi) is 7.25. The largest absolute Gasteiger partial charge is 0.396 e. The summed E-state index contributed by atoms with van der Waals surface area (Å²) in [6, 6.07) is 8.86. The van der Waals surface area contributed by atoms with Gasteiger partial charge in [0, 0.05) is 42.7 Å². The van der Waals surface area contributed by atoms with Crippen LogP contribution in [0.5, 0.6) is 0 Å². The van der Waals surface area contributed by atoms with E-state index in [2.05, 4.69) is 46.8 Å². The van der Waals surface area contributed by atoms with Gasteiger partial charge in [0.25, 0.3) is 0 Å². The van der Waals surface area contributed by atoms with Crippen LogP contribution in [-0.4, -0.2) is 80.4 Å². The monoisotopic (exact) mass is 551 g/mol. The van der Waals surface area contributed by atoms with Gasteiger partial charge in [-0.3, -0.25) is 14.4 Å². The number of aliphatic hydroxyl groups excluding tert-OH is 1. The maximum atomic E-state index is 14.6. The third-order valence-electron chi connectivity index (χ3n) is 8.48. The first-order valence-electron chi connectivity index (χ1n) is 14.0. The predicted octanol–water partition coefficient (Wildman–Crippen LogP) is 3.88. The Morgan fingerprint density at radius 3 is 2.36 bits per heavy atom. The van der Waals surface area contributed by atoms with Gasteiger partial charge in [-0.15, -0.1) is 11.8 Å². The standard InChI is InChI=1S/C31H41N3O4S/c1-29(2,3)20-30(4,5)34-18-10-15-31-24(27(37)33(17-11-19-35)25(31)28(34)38)23-22(39-31)14-9-16-32(26(23)36)21-12-7-6-8-13-21/h6-10,12-15,22-25,35H,11,16-20H2,1-5H3/t22-,23+,24+,25?,31+/m1/s1. The van der Waals surface area contributed by atoms with Crippen molar-refractivity contribution < 1.29 is 19.5 Å². The Morgan fingerprint density at radius 1 is 0.974 bits per heavy atom. The number of para-hydroxylation sites is 1. The van der Waals surface area contributed by atoms with Crippen molar-refractivity contribution in [3.63, 3.8) is 0 Å². The second-order valence-electron chi connectivity index (χ2n) is 13.1. The van der Waals surface area contributed by atoms with E-state index in [1.807, 2.05) is 47.4 Å². The van der Waals surface area contributed by atoms with Crippen molar-refractivity contribution in [1.82, 2.24) is 9.80 Å². The smallest absolute Gasteiger partial charge is 0.247 e. The lowest BCUT2D eigenvalue weighted by atomic mass is 9.77. The maximum absolute atomic E-state index is 14.6. The summed E-state index contributed by atoms with van der Waals surface area (Å²) in [6.45, 7) is 11.9. The molecular weight excluding hydrogens is 510 g/mol. The molecule has 0 bridgehead atoms. The first-order chi connectivity index (χ1) is 18.4. The third-order valence-corrected chi connectivity index (χ3v) is 10.2. The number of carbonyl (C=O) groups is 3. The molecule has 0 aliphatic carbocycles. The molecule has 5 rings (SSSR count). The predicted molar refractivity (Wildman–Crippen MR) is 155 cm³/mol. The number of benzene rings is 1. The molecule has 8 heteroatoms. The summed E-state index contributed by atoms with van der Waals surface area (Å²) in [5, 5.41) is 9.45. The molecule has 0 radical (unpaired) electrons. The summed E-state index contributed by atoms with van der Waals surface area (Å²) in [6.07, 6.45) is 9.38. The highest BCUT2D eigenvalue weighted by molar-refractivity contribution is 8.02. The fourth-order valence-corrected chi connectivity index (χ4v) is 9.40. The number of likely N-dealkylation sites (tertiary alicyclic amines) is 1. The highest BCUT2D eigenvalue weighted by Crippen LogP contribution is 2.61. The highest BCUT2D eigenvalue weighted by Gasteiger charge is 2.71. The van der Waals surface area contributed by atoms with Gasteiger partial charge in [-0.05, 0) is 44.2 Å². The van der Waals surface area contributed by atoms with Gasteiger partial charge in [0.05, 0.1) is 16.6 Å². The number of fused-ring (bicyclic) bond motifs is 2. The van der Waals surface area contributed by atoms with Gasteiger partial charge >= 0.3 is 0 Å². The minimum atomic E-state index is -0.842. The van der Waals surface area contributed by atoms with Crippen LogP contribution in [0.25, 0.3) is 0 Å². The molecule has 0 aromatic heterocycles. The van der Waals surface area contributed by atoms with Crippen LogP contribution in [0.4, 0.5) is 5.69 Å². The van der Waals surface area contributed by atoms with E-state index < -0.39 is 28.2 Å². The van der Waals surface area contributed by atoms with E-state index in [1.165, 1.54) is 0 Å². The van der Waals surface area contributed by atoms with Crippen LogP contribution in [0.15, 0.2) is 54.6 Å². The van der Waals surface area contributed by atoms with Crippen LogP contribution in [0.3, 0.4) is 0 Å². The number of carbonyl (C=O) groups excluding carboxylic acids is 3. The van der Waals surface area contributed by atoms with Gasteiger partial charge in [0.15, 0.2) is 0 Å². The van der Waals surface area contributed by atoms with Crippen molar-refractivity contribution in [2.45, 2.75) is 69.0 Å². The van der Waals surface area contributed by atoms with E-state index >= 15 is 0 Å². The lowest BCUT2D eigenvalue weighted by Crippen LogP contribution is -2.58. The molecule has 1 spiro atoms. The first-order valence-corrected chi connectivity index (χ1v) is 14.9. The van der Waals surface area contributed by atoms with Gasteiger partial charge < -0.3 is 19.8 Å². The Hall–Kier alpha value is -2.58. The van der Waals surface area contributed by atoms with Crippen molar-refractivity contribution in [3.8, 4) is 0 Å². The van der Waals surface area contributed by atoms with E-state index in [-0.39, 0.29) is 41.5 Å². The number of thioether (sulfide) groups is 1. The molecule has 4 aliphatic rings. The summed E-state index contributed by atoms with van der Waals surface area (Å²) >= 11 is 1.60. The number of anilines is 1. The van der Waals surface area contributed by atoms with Crippen molar-refractivity contribution in [2.24, 2.45) is 17.3 Å². The molecule has 1 aromatic rings. The van der Waals surface area contributed by atoms with Gasteiger partial charge in [0.1, 0.15) is 6.04 Å². The molecule has 2 saturated heterocycles. The summed E-state index contributed by atoms with van der Waals surface area (Å²) < 4.78 is -0.842. The molecule has 39 heavy (non-hydrogen) atoms. The number of aliphatic hydroxyl groups is 1. The second kappa shape index (κ2) is 10.1. The van der Waals surface area contributed by atoms with E-state index in [0.717, 1.165) is 12.1 Å². The van der Waals surface area contributed by atoms with Crippen LogP contribution in [0.1, 0.15) is 47.5 Å². The van der Waals surface area contributed by atoms with E-state index in [9.17, 15) is 19.5 Å². The normalized spacial score (nSPS) is 30.8. The molecule has 4 heterocycles. The molecule has 210 valence electrons. The zero-order valence-corrected chi connectivity index (χ0v) is 24.5. The van der Waals surface area contributed by atoms with Crippen LogP contribution >= 0.6 is 11.8 Å². The van der Waals surface area contributed by atoms with Crippen LogP contribution in [0.2, 0.25) is 0 Å². The number of nitrogens with zero attached hydrogens (tertiary/aromatic N) is 3. The van der Waals surface area contributed by atoms with Crippen LogP contribution < -0.4 is 4.90 Å². The van der Waals surface area contributed by atoms with Crippen LogP contribution in [-0.2, 0) is 14.4 Å². The molecule has 5 atom stereocenters. The van der Waals surface area contributed by atoms with Crippen molar-refractivity contribution >= 4 is 35.2 Å². The zero-order valence-electron chi connectivity index (χ0n) is 23.7. The van der Waals surface area contributed by atoms with Gasteiger partial charge in [0.2, 0.25) is 17.7 Å². The highest BCUT2D eigenvalue weighted by atomic mass is 32.2. The molecule has 3 amide bonds. The summed E-state index contributed by atoms with van der Waals surface area (Å²) in [7, 11) is 0. The average molecular weight is 552 g/mol. The second-order valence-corrected chi connectivity index (χ2v) is 14.6. The summed E-state index contributed by atoms with van der Waals surface area (Å²) in [4.78, 5) is 48.4.